The quantitative estimate of drug-likeness (QED) is 0.424. The predicted octanol–water partition coefficient (Wildman–Crippen LogP) is 4.10. The van der Waals surface area contributed by atoms with Gasteiger partial charge in [0, 0.05) is 28.9 Å². The van der Waals surface area contributed by atoms with Gasteiger partial charge in [0.25, 0.3) is 0 Å². The van der Waals surface area contributed by atoms with Crippen molar-refractivity contribution < 1.29 is 17.4 Å². The monoisotopic (exact) mass is 500 g/mol. The molecule has 1 aliphatic heterocycles. The van der Waals surface area contributed by atoms with Gasteiger partial charge in [-0.2, -0.15) is 8.42 Å². The van der Waals surface area contributed by atoms with Crippen molar-refractivity contribution in [1.82, 2.24) is 4.90 Å². The number of nitrogens with zero attached hydrogens (tertiary/aromatic N) is 2. The Morgan fingerprint density at radius 1 is 1.11 bits per heavy atom. The summed E-state index contributed by atoms with van der Waals surface area (Å²) in [5.74, 6) is 0.271. The summed E-state index contributed by atoms with van der Waals surface area (Å²) in [7, 11) is -3.92. The van der Waals surface area contributed by atoms with Crippen LogP contribution in [0.1, 0.15) is 19.8 Å². The van der Waals surface area contributed by atoms with Gasteiger partial charge in [0.15, 0.2) is 0 Å². The number of urea groups is 1. The van der Waals surface area contributed by atoms with Crippen molar-refractivity contribution in [3.05, 3.63) is 52.1 Å². The third-order valence-electron chi connectivity index (χ3n) is 4.32. The van der Waals surface area contributed by atoms with E-state index in [0.29, 0.717) is 18.8 Å². The highest BCUT2D eigenvalue weighted by molar-refractivity contribution is 14.1. The summed E-state index contributed by atoms with van der Waals surface area (Å²) in [4.78, 5) is 16.0. The molecule has 0 radical (unpaired) electrons. The molecule has 1 aliphatic rings. The molecule has 2 amide bonds. The first kappa shape index (κ1) is 19.9. The van der Waals surface area contributed by atoms with Crippen LogP contribution in [-0.2, 0) is 10.1 Å². The standard InChI is InChI=1S/C19H21IN2O4S/c1-2-3-11-21-12-13-22(19(21)23)16-7-9-18(10-8-16)27(24,25)26-17-6-4-5-15(20)14-17/h4-10,14H,2-3,11-13H2,1H3. The van der Waals surface area contributed by atoms with Crippen LogP contribution in [0.25, 0.3) is 0 Å². The van der Waals surface area contributed by atoms with Crippen molar-refractivity contribution in [2.75, 3.05) is 24.5 Å². The Labute approximate surface area is 173 Å². The molecule has 6 nitrogen and oxygen atoms in total. The molecular formula is C19H21IN2O4S. The van der Waals surface area contributed by atoms with Gasteiger partial charge < -0.3 is 9.08 Å². The number of hydrogen-bond donors (Lipinski definition) is 0. The number of halogens is 1. The Balaban J connectivity index is 1.72. The van der Waals surface area contributed by atoms with Gasteiger partial charge in [-0.05, 0) is 71.5 Å². The van der Waals surface area contributed by atoms with Gasteiger partial charge in [-0.3, -0.25) is 4.90 Å². The molecule has 144 valence electrons. The van der Waals surface area contributed by atoms with Crippen LogP contribution in [0.5, 0.6) is 5.75 Å². The van der Waals surface area contributed by atoms with E-state index >= 15 is 0 Å². The van der Waals surface area contributed by atoms with Gasteiger partial charge in [0.05, 0.1) is 0 Å². The highest BCUT2D eigenvalue weighted by Crippen LogP contribution is 2.25. The molecule has 2 aromatic rings. The minimum atomic E-state index is -3.92. The Kier molecular flexibility index (Phi) is 6.25. The van der Waals surface area contributed by atoms with Crippen LogP contribution < -0.4 is 9.08 Å². The van der Waals surface area contributed by atoms with Crippen LogP contribution in [0.4, 0.5) is 10.5 Å². The van der Waals surface area contributed by atoms with E-state index in [2.05, 4.69) is 29.5 Å². The normalized spacial score (nSPS) is 14.7. The Morgan fingerprint density at radius 3 is 2.52 bits per heavy atom. The van der Waals surface area contributed by atoms with Gasteiger partial charge in [0.2, 0.25) is 0 Å². The van der Waals surface area contributed by atoms with Gasteiger partial charge in [-0.15, -0.1) is 0 Å². The topological polar surface area (TPSA) is 66.9 Å². The molecule has 0 spiro atoms. The zero-order valence-corrected chi connectivity index (χ0v) is 17.9. The number of anilines is 1. The largest absolute Gasteiger partial charge is 0.379 e. The first-order valence-electron chi connectivity index (χ1n) is 8.77. The Hall–Kier alpha value is -1.81. The van der Waals surface area contributed by atoms with Crippen LogP contribution in [0.3, 0.4) is 0 Å². The van der Waals surface area contributed by atoms with E-state index in [4.69, 9.17) is 4.18 Å². The lowest BCUT2D eigenvalue weighted by molar-refractivity contribution is 0.220. The minimum Gasteiger partial charge on any atom is -0.379 e. The first-order chi connectivity index (χ1) is 12.9. The van der Waals surface area contributed by atoms with Crippen LogP contribution in [0.2, 0.25) is 0 Å². The zero-order chi connectivity index (χ0) is 19.4. The number of benzene rings is 2. The van der Waals surface area contributed by atoms with Crippen molar-refractivity contribution in [2.24, 2.45) is 0 Å². The van der Waals surface area contributed by atoms with E-state index in [1.54, 1.807) is 35.2 Å². The second kappa shape index (κ2) is 8.47. The van der Waals surface area contributed by atoms with Gasteiger partial charge in [0.1, 0.15) is 10.6 Å². The van der Waals surface area contributed by atoms with Crippen LogP contribution >= 0.6 is 22.6 Å². The third kappa shape index (κ3) is 4.73. The van der Waals surface area contributed by atoms with Crippen molar-refractivity contribution in [3.8, 4) is 5.75 Å². The maximum atomic E-state index is 12.5. The summed E-state index contributed by atoms with van der Waals surface area (Å²) in [6.07, 6.45) is 2.02. The summed E-state index contributed by atoms with van der Waals surface area (Å²) < 4.78 is 31.0. The Morgan fingerprint density at radius 2 is 1.85 bits per heavy atom. The smallest absolute Gasteiger partial charge is 0.339 e. The molecule has 8 heteroatoms. The maximum Gasteiger partial charge on any atom is 0.339 e. The molecule has 0 saturated carbocycles. The second-order valence-electron chi connectivity index (χ2n) is 6.26. The molecule has 0 aromatic heterocycles. The molecule has 1 saturated heterocycles. The summed E-state index contributed by atoms with van der Waals surface area (Å²) in [6, 6.07) is 13.0. The van der Waals surface area contributed by atoms with Gasteiger partial charge in [-0.25, -0.2) is 4.79 Å². The summed E-state index contributed by atoms with van der Waals surface area (Å²) >= 11 is 2.09. The number of amides is 2. The number of carbonyl (C=O) groups excluding carboxylic acids is 1. The fourth-order valence-corrected chi connectivity index (χ4v) is 4.30. The molecule has 0 unspecified atom stereocenters. The third-order valence-corrected chi connectivity index (χ3v) is 6.25. The molecule has 1 fully saturated rings. The fourth-order valence-electron chi connectivity index (χ4n) is 2.87. The average Bonchev–Trinajstić information content (AvgIpc) is 3.00. The lowest BCUT2D eigenvalue weighted by Gasteiger charge is -2.18. The molecule has 0 atom stereocenters. The number of unbranched alkanes of at least 4 members (excludes halogenated alkanes) is 1. The van der Waals surface area contributed by atoms with E-state index in [1.807, 2.05) is 11.0 Å². The summed E-state index contributed by atoms with van der Waals surface area (Å²) in [5, 5.41) is 0. The lowest BCUT2D eigenvalue weighted by Crippen LogP contribution is -2.32. The molecule has 2 aromatic carbocycles. The van der Waals surface area contributed by atoms with E-state index in [9.17, 15) is 13.2 Å². The molecular weight excluding hydrogens is 479 g/mol. The Bertz CT molecular complexity index is 916. The number of carbonyl (C=O) groups is 1. The summed E-state index contributed by atoms with van der Waals surface area (Å²) in [5.41, 5.74) is 0.687. The molecule has 0 aliphatic carbocycles. The average molecular weight is 500 g/mol. The SMILES string of the molecule is CCCCN1CCN(c2ccc(S(=O)(=O)Oc3cccc(I)c3)cc2)C1=O. The van der Waals surface area contributed by atoms with Crippen LogP contribution in [-0.4, -0.2) is 39.0 Å². The molecule has 1 heterocycles. The minimum absolute atomic E-state index is 0.0332. The summed E-state index contributed by atoms with van der Waals surface area (Å²) in [6.45, 7) is 4.14. The highest BCUT2D eigenvalue weighted by atomic mass is 127. The molecule has 0 N–H and O–H groups in total. The van der Waals surface area contributed by atoms with E-state index in [1.165, 1.54) is 12.1 Å². The van der Waals surface area contributed by atoms with Crippen LogP contribution in [0, 0.1) is 3.57 Å². The van der Waals surface area contributed by atoms with E-state index in [-0.39, 0.29) is 16.7 Å². The fraction of sp³-hybridized carbons (Fsp3) is 0.316. The predicted molar refractivity (Wildman–Crippen MR) is 113 cm³/mol. The first-order valence-corrected chi connectivity index (χ1v) is 11.3. The molecule has 0 bridgehead atoms. The van der Waals surface area contributed by atoms with Gasteiger partial charge in [-0.1, -0.05) is 19.4 Å². The molecule has 3 rings (SSSR count). The van der Waals surface area contributed by atoms with E-state index < -0.39 is 10.1 Å². The van der Waals surface area contributed by atoms with Crippen molar-refractivity contribution in [1.29, 1.82) is 0 Å². The second-order valence-corrected chi connectivity index (χ2v) is 9.06. The van der Waals surface area contributed by atoms with Crippen LogP contribution in [0.15, 0.2) is 53.4 Å². The van der Waals surface area contributed by atoms with Crippen molar-refractivity contribution >= 4 is 44.4 Å². The van der Waals surface area contributed by atoms with Gasteiger partial charge >= 0.3 is 16.1 Å². The van der Waals surface area contributed by atoms with Crippen molar-refractivity contribution in [2.45, 2.75) is 24.7 Å². The molecule has 27 heavy (non-hydrogen) atoms. The maximum absolute atomic E-state index is 12.5. The van der Waals surface area contributed by atoms with E-state index in [0.717, 1.165) is 23.0 Å². The lowest BCUT2D eigenvalue weighted by atomic mass is 10.3. The number of hydrogen-bond acceptors (Lipinski definition) is 4. The number of rotatable bonds is 7. The van der Waals surface area contributed by atoms with Crippen molar-refractivity contribution in [3.63, 3.8) is 0 Å². The zero-order valence-electron chi connectivity index (χ0n) is 15.0. The highest BCUT2D eigenvalue weighted by Gasteiger charge is 2.29.